The van der Waals surface area contributed by atoms with Gasteiger partial charge in [0.25, 0.3) is 5.91 Å². The highest BCUT2D eigenvalue weighted by atomic mass is 16.2. The molecule has 0 spiro atoms. The Morgan fingerprint density at radius 1 is 1.00 bits per heavy atom. The first-order valence-corrected chi connectivity index (χ1v) is 9.64. The molecule has 0 N–H and O–H groups in total. The van der Waals surface area contributed by atoms with E-state index in [9.17, 15) is 9.59 Å². The molecule has 0 radical (unpaired) electrons. The predicted octanol–water partition coefficient (Wildman–Crippen LogP) is 3.03. The molecule has 0 aliphatic carbocycles. The molecule has 3 rings (SSSR count). The third-order valence-electron chi connectivity index (χ3n) is 5.12. The topological polar surface area (TPSA) is 53.5 Å². The van der Waals surface area contributed by atoms with E-state index in [1.807, 2.05) is 11.0 Å². The first-order chi connectivity index (χ1) is 13.1. The zero-order chi connectivity index (χ0) is 19.1. The lowest BCUT2D eigenvalue weighted by Gasteiger charge is -2.35. The van der Waals surface area contributed by atoms with E-state index >= 15 is 0 Å². The van der Waals surface area contributed by atoms with E-state index in [1.54, 1.807) is 29.4 Å². The lowest BCUT2D eigenvalue weighted by Crippen LogP contribution is -2.50. The minimum Gasteiger partial charge on any atom is -0.339 e. The van der Waals surface area contributed by atoms with E-state index < -0.39 is 0 Å². The molecule has 0 unspecified atom stereocenters. The molecule has 142 valence electrons. The maximum absolute atomic E-state index is 12.6. The van der Waals surface area contributed by atoms with Crippen LogP contribution < -0.4 is 0 Å². The van der Waals surface area contributed by atoms with Crippen molar-refractivity contribution in [3.05, 3.63) is 66.0 Å². The lowest BCUT2D eigenvalue weighted by atomic mass is 9.97. The molecule has 2 aromatic rings. The van der Waals surface area contributed by atoms with E-state index in [4.69, 9.17) is 0 Å². The maximum atomic E-state index is 12.6. The number of piperazine rings is 1. The summed E-state index contributed by atoms with van der Waals surface area (Å²) in [6, 6.07) is 13.9. The highest BCUT2D eigenvalue weighted by Crippen LogP contribution is 2.16. The van der Waals surface area contributed by atoms with Crippen molar-refractivity contribution in [2.45, 2.75) is 26.2 Å². The minimum atomic E-state index is -0.00794. The summed E-state index contributed by atoms with van der Waals surface area (Å²) in [6.07, 6.45) is 5.84. The monoisotopic (exact) mass is 365 g/mol. The summed E-state index contributed by atoms with van der Waals surface area (Å²) in [5.74, 6) is 0.545. The van der Waals surface area contributed by atoms with Crippen molar-refractivity contribution in [1.82, 2.24) is 14.8 Å². The summed E-state index contributed by atoms with van der Waals surface area (Å²) in [5.41, 5.74) is 1.92. The van der Waals surface area contributed by atoms with Crippen molar-refractivity contribution in [2.24, 2.45) is 5.92 Å². The highest BCUT2D eigenvalue weighted by molar-refractivity contribution is 5.94. The normalized spacial score (nSPS) is 15.4. The van der Waals surface area contributed by atoms with Crippen LogP contribution in [0.5, 0.6) is 0 Å². The molecule has 1 aliphatic heterocycles. The summed E-state index contributed by atoms with van der Waals surface area (Å²) in [4.78, 5) is 32.7. The average molecular weight is 365 g/mol. The van der Waals surface area contributed by atoms with Crippen LogP contribution in [0.2, 0.25) is 0 Å². The Hall–Kier alpha value is -2.69. The molecule has 1 aromatic heterocycles. The Morgan fingerprint density at radius 3 is 2.37 bits per heavy atom. The molecule has 5 nitrogen and oxygen atoms in total. The van der Waals surface area contributed by atoms with Gasteiger partial charge in [-0.2, -0.15) is 0 Å². The Labute approximate surface area is 161 Å². The standard InChI is InChI=1S/C22H27N3O2/c1-18(9-10-19-6-3-2-4-7-19)16-21(26)24-12-14-25(15-13-24)22(27)20-8-5-11-23-17-20/h2-8,11,17-18H,9-10,12-16H2,1H3/t18-/m1/s1. The van der Waals surface area contributed by atoms with Crippen LogP contribution in [0.15, 0.2) is 54.9 Å². The van der Waals surface area contributed by atoms with Gasteiger partial charge in [0.2, 0.25) is 5.91 Å². The van der Waals surface area contributed by atoms with Crippen LogP contribution in [0, 0.1) is 5.92 Å². The van der Waals surface area contributed by atoms with Crippen LogP contribution in [0.1, 0.15) is 35.7 Å². The van der Waals surface area contributed by atoms with Gasteiger partial charge in [-0.1, -0.05) is 37.3 Å². The zero-order valence-corrected chi connectivity index (χ0v) is 15.9. The number of amides is 2. The van der Waals surface area contributed by atoms with Crippen LogP contribution in [0.25, 0.3) is 0 Å². The summed E-state index contributed by atoms with van der Waals surface area (Å²) < 4.78 is 0. The minimum absolute atomic E-state index is 0.00794. The van der Waals surface area contributed by atoms with Gasteiger partial charge in [-0.15, -0.1) is 0 Å². The third-order valence-corrected chi connectivity index (χ3v) is 5.12. The number of hydrogen-bond donors (Lipinski definition) is 0. The molecule has 0 bridgehead atoms. The number of benzene rings is 1. The Kier molecular flexibility index (Phi) is 6.58. The van der Waals surface area contributed by atoms with Gasteiger partial charge in [0.05, 0.1) is 5.56 Å². The smallest absolute Gasteiger partial charge is 0.255 e. The highest BCUT2D eigenvalue weighted by Gasteiger charge is 2.25. The maximum Gasteiger partial charge on any atom is 0.255 e. The number of pyridine rings is 1. The van der Waals surface area contributed by atoms with Crippen LogP contribution in [-0.2, 0) is 11.2 Å². The molecule has 5 heteroatoms. The molecule has 1 aliphatic rings. The fourth-order valence-electron chi connectivity index (χ4n) is 3.42. The van der Waals surface area contributed by atoms with E-state index in [-0.39, 0.29) is 11.8 Å². The number of carbonyl (C=O) groups excluding carboxylic acids is 2. The molecule has 1 aromatic carbocycles. The molecule has 2 amide bonds. The lowest BCUT2D eigenvalue weighted by molar-refractivity contribution is -0.133. The third kappa shape index (κ3) is 5.39. The zero-order valence-electron chi connectivity index (χ0n) is 15.9. The first-order valence-electron chi connectivity index (χ1n) is 9.64. The van der Waals surface area contributed by atoms with E-state index in [1.165, 1.54) is 5.56 Å². The Bertz CT molecular complexity index is 741. The second-order valence-corrected chi connectivity index (χ2v) is 7.25. The SMILES string of the molecule is C[C@H](CCc1ccccc1)CC(=O)N1CCN(C(=O)c2cccnc2)CC1. The molecule has 1 saturated heterocycles. The van der Waals surface area contributed by atoms with Crippen LogP contribution in [-0.4, -0.2) is 52.8 Å². The van der Waals surface area contributed by atoms with Crippen LogP contribution >= 0.6 is 0 Å². The summed E-state index contributed by atoms with van der Waals surface area (Å²) >= 11 is 0. The van der Waals surface area contributed by atoms with E-state index in [2.05, 4.69) is 36.2 Å². The van der Waals surface area contributed by atoms with Crippen molar-refractivity contribution in [3.63, 3.8) is 0 Å². The molecular weight excluding hydrogens is 338 g/mol. The molecule has 1 atom stereocenters. The van der Waals surface area contributed by atoms with Crippen molar-refractivity contribution < 1.29 is 9.59 Å². The largest absolute Gasteiger partial charge is 0.339 e. The fraction of sp³-hybridized carbons (Fsp3) is 0.409. The van der Waals surface area contributed by atoms with Crippen LogP contribution in [0.4, 0.5) is 0 Å². The van der Waals surface area contributed by atoms with Gasteiger partial charge in [-0.3, -0.25) is 14.6 Å². The van der Waals surface area contributed by atoms with Crippen molar-refractivity contribution in [3.8, 4) is 0 Å². The van der Waals surface area contributed by atoms with Gasteiger partial charge >= 0.3 is 0 Å². The molecule has 2 heterocycles. The van der Waals surface area contributed by atoms with Gasteiger partial charge in [-0.05, 0) is 36.5 Å². The van der Waals surface area contributed by atoms with Crippen molar-refractivity contribution in [1.29, 1.82) is 0 Å². The van der Waals surface area contributed by atoms with E-state index in [0.717, 1.165) is 12.8 Å². The number of carbonyl (C=O) groups is 2. The average Bonchev–Trinajstić information content (AvgIpc) is 2.73. The predicted molar refractivity (Wildman–Crippen MR) is 105 cm³/mol. The number of aryl methyl sites for hydroxylation is 1. The van der Waals surface area contributed by atoms with Gasteiger partial charge in [0.1, 0.15) is 0 Å². The molecule has 27 heavy (non-hydrogen) atoms. The van der Waals surface area contributed by atoms with Gasteiger partial charge in [-0.25, -0.2) is 0 Å². The van der Waals surface area contributed by atoms with Crippen LogP contribution in [0.3, 0.4) is 0 Å². The quantitative estimate of drug-likeness (QED) is 0.791. The second kappa shape index (κ2) is 9.31. The van der Waals surface area contributed by atoms with E-state index in [0.29, 0.717) is 44.1 Å². The summed E-state index contributed by atoms with van der Waals surface area (Å²) in [5, 5.41) is 0. The number of rotatable bonds is 6. The van der Waals surface area contributed by atoms with Gasteiger partial charge < -0.3 is 9.80 Å². The van der Waals surface area contributed by atoms with Crippen molar-refractivity contribution >= 4 is 11.8 Å². The number of hydrogen-bond acceptors (Lipinski definition) is 3. The molecular formula is C22H27N3O2. The van der Waals surface area contributed by atoms with Crippen molar-refractivity contribution in [2.75, 3.05) is 26.2 Å². The number of nitrogens with zero attached hydrogens (tertiary/aromatic N) is 3. The summed E-state index contributed by atoms with van der Waals surface area (Å²) in [7, 11) is 0. The molecule has 0 saturated carbocycles. The summed E-state index contributed by atoms with van der Waals surface area (Å²) in [6.45, 7) is 4.52. The van der Waals surface area contributed by atoms with Gasteiger partial charge in [0, 0.05) is 45.0 Å². The van der Waals surface area contributed by atoms with Gasteiger partial charge in [0.15, 0.2) is 0 Å². The first kappa shape index (κ1) is 19.1. The molecule has 1 fully saturated rings. The Morgan fingerprint density at radius 2 is 1.70 bits per heavy atom. The fourth-order valence-corrected chi connectivity index (χ4v) is 3.42. The Balaban J connectivity index is 1.42. The number of aromatic nitrogens is 1. The second-order valence-electron chi connectivity index (χ2n) is 7.25.